The molecule has 1 aliphatic rings. The number of piperazine rings is 1. The Hall–Kier alpha value is -2.24. The van der Waals surface area contributed by atoms with Crippen LogP contribution in [0.25, 0.3) is 0 Å². The van der Waals surface area contributed by atoms with Crippen LogP contribution in [0.1, 0.15) is 30.0 Å². The molecule has 2 aromatic carbocycles. The SMILES string of the molecule is CN1CCN(CCCNC(=O)CCc2ccccc2F)[C@H](c2ccccc2)C1. The molecular formula is C23H30FN3O. The fourth-order valence-corrected chi connectivity index (χ4v) is 3.76. The predicted molar refractivity (Wildman–Crippen MR) is 111 cm³/mol. The number of carbonyl (C=O) groups excluding carboxylic acids is 1. The minimum Gasteiger partial charge on any atom is -0.356 e. The van der Waals surface area contributed by atoms with Crippen molar-refractivity contribution in [2.24, 2.45) is 0 Å². The number of amides is 1. The van der Waals surface area contributed by atoms with E-state index >= 15 is 0 Å². The molecule has 1 aliphatic heterocycles. The second-order valence-corrected chi connectivity index (χ2v) is 7.52. The Labute approximate surface area is 167 Å². The van der Waals surface area contributed by atoms with Crippen LogP contribution in [0.3, 0.4) is 0 Å². The number of likely N-dealkylation sites (N-methyl/N-ethyl adjacent to an activating group) is 1. The number of carbonyl (C=O) groups is 1. The smallest absolute Gasteiger partial charge is 0.220 e. The molecule has 0 aromatic heterocycles. The largest absolute Gasteiger partial charge is 0.356 e. The van der Waals surface area contributed by atoms with Crippen LogP contribution in [0.4, 0.5) is 4.39 Å². The van der Waals surface area contributed by atoms with Gasteiger partial charge in [-0.25, -0.2) is 4.39 Å². The summed E-state index contributed by atoms with van der Waals surface area (Å²) in [4.78, 5) is 16.9. The summed E-state index contributed by atoms with van der Waals surface area (Å²) in [6.07, 6.45) is 1.67. The van der Waals surface area contributed by atoms with Gasteiger partial charge in [0.15, 0.2) is 0 Å². The lowest BCUT2D eigenvalue weighted by molar-refractivity contribution is -0.121. The lowest BCUT2D eigenvalue weighted by Crippen LogP contribution is -2.47. The van der Waals surface area contributed by atoms with Gasteiger partial charge in [0.1, 0.15) is 5.82 Å². The van der Waals surface area contributed by atoms with E-state index in [-0.39, 0.29) is 11.7 Å². The second-order valence-electron chi connectivity index (χ2n) is 7.52. The summed E-state index contributed by atoms with van der Waals surface area (Å²) in [7, 11) is 2.17. The van der Waals surface area contributed by atoms with E-state index in [1.54, 1.807) is 18.2 Å². The lowest BCUT2D eigenvalue weighted by atomic mass is 10.0. The molecule has 2 aromatic rings. The lowest BCUT2D eigenvalue weighted by Gasteiger charge is -2.40. The van der Waals surface area contributed by atoms with Crippen LogP contribution < -0.4 is 5.32 Å². The maximum absolute atomic E-state index is 13.6. The summed E-state index contributed by atoms with van der Waals surface area (Å²) < 4.78 is 13.6. The van der Waals surface area contributed by atoms with E-state index in [2.05, 4.69) is 52.5 Å². The van der Waals surface area contributed by atoms with E-state index in [0.717, 1.165) is 32.6 Å². The first-order chi connectivity index (χ1) is 13.6. The molecule has 0 aliphatic carbocycles. The summed E-state index contributed by atoms with van der Waals surface area (Å²) in [5.41, 5.74) is 1.95. The molecule has 1 saturated heterocycles. The summed E-state index contributed by atoms with van der Waals surface area (Å²) in [5, 5.41) is 2.98. The molecule has 150 valence electrons. The Kier molecular flexibility index (Phi) is 7.57. The molecule has 1 fully saturated rings. The van der Waals surface area contributed by atoms with Gasteiger partial charge in [-0.1, -0.05) is 48.5 Å². The number of nitrogens with one attached hydrogen (secondary N) is 1. The molecule has 0 radical (unpaired) electrons. The molecule has 0 saturated carbocycles. The van der Waals surface area contributed by atoms with Gasteiger partial charge in [-0.15, -0.1) is 0 Å². The Morgan fingerprint density at radius 3 is 2.64 bits per heavy atom. The predicted octanol–water partition coefficient (Wildman–Crippen LogP) is 3.25. The summed E-state index contributed by atoms with van der Waals surface area (Å²) >= 11 is 0. The average molecular weight is 384 g/mol. The summed E-state index contributed by atoms with van der Waals surface area (Å²) in [5.74, 6) is -0.251. The van der Waals surface area contributed by atoms with E-state index in [1.807, 2.05) is 0 Å². The second kappa shape index (κ2) is 10.3. The standard InChI is InChI=1S/C23H30FN3O/c1-26-16-17-27(22(18-26)20-9-3-2-4-10-20)15-7-14-25-23(28)13-12-19-8-5-6-11-21(19)24/h2-6,8-11,22H,7,12-18H2,1H3,(H,25,28)/t22-/m0/s1. The third-order valence-corrected chi connectivity index (χ3v) is 5.40. The van der Waals surface area contributed by atoms with Crippen molar-refractivity contribution >= 4 is 5.91 Å². The summed E-state index contributed by atoms with van der Waals surface area (Å²) in [6.45, 7) is 4.75. The average Bonchev–Trinajstić information content (AvgIpc) is 2.72. The first-order valence-corrected chi connectivity index (χ1v) is 10.1. The van der Waals surface area contributed by atoms with Crippen molar-refractivity contribution in [2.45, 2.75) is 25.3 Å². The van der Waals surface area contributed by atoms with Gasteiger partial charge >= 0.3 is 0 Å². The van der Waals surface area contributed by atoms with E-state index < -0.39 is 0 Å². The van der Waals surface area contributed by atoms with Crippen molar-refractivity contribution in [1.29, 1.82) is 0 Å². The van der Waals surface area contributed by atoms with Gasteiger partial charge in [-0.3, -0.25) is 9.69 Å². The van der Waals surface area contributed by atoms with Gasteiger partial charge in [0.05, 0.1) is 0 Å². The highest BCUT2D eigenvalue weighted by Crippen LogP contribution is 2.24. The Bertz CT molecular complexity index is 753. The van der Waals surface area contributed by atoms with Gasteiger partial charge in [0.25, 0.3) is 0 Å². The molecule has 1 amide bonds. The Balaban J connectivity index is 1.41. The highest BCUT2D eigenvalue weighted by molar-refractivity contribution is 5.76. The van der Waals surface area contributed by atoms with Gasteiger partial charge in [-0.05, 0) is 37.1 Å². The maximum Gasteiger partial charge on any atom is 0.220 e. The highest BCUT2D eigenvalue weighted by atomic mass is 19.1. The zero-order valence-corrected chi connectivity index (χ0v) is 16.6. The molecule has 1 atom stereocenters. The zero-order chi connectivity index (χ0) is 19.8. The van der Waals surface area contributed by atoms with Crippen LogP contribution >= 0.6 is 0 Å². The van der Waals surface area contributed by atoms with E-state index in [9.17, 15) is 9.18 Å². The summed E-state index contributed by atoms with van der Waals surface area (Å²) in [6, 6.07) is 17.7. The first-order valence-electron chi connectivity index (χ1n) is 10.1. The van der Waals surface area contributed by atoms with E-state index in [1.165, 1.54) is 11.6 Å². The van der Waals surface area contributed by atoms with Crippen LogP contribution in [0.5, 0.6) is 0 Å². The molecule has 1 N–H and O–H groups in total. The van der Waals surface area contributed by atoms with E-state index in [0.29, 0.717) is 31.0 Å². The van der Waals surface area contributed by atoms with Gasteiger partial charge < -0.3 is 10.2 Å². The quantitative estimate of drug-likeness (QED) is 0.711. The number of benzene rings is 2. The number of halogens is 1. The molecule has 4 nitrogen and oxygen atoms in total. The number of hydrogen-bond acceptors (Lipinski definition) is 3. The maximum atomic E-state index is 13.6. The van der Waals surface area contributed by atoms with Crippen molar-refractivity contribution in [3.8, 4) is 0 Å². The van der Waals surface area contributed by atoms with Crippen LogP contribution in [-0.2, 0) is 11.2 Å². The fraction of sp³-hybridized carbons (Fsp3) is 0.435. The zero-order valence-electron chi connectivity index (χ0n) is 16.6. The van der Waals surface area contributed by atoms with Crippen molar-refractivity contribution in [2.75, 3.05) is 39.8 Å². The molecular weight excluding hydrogens is 353 g/mol. The van der Waals surface area contributed by atoms with E-state index in [4.69, 9.17) is 0 Å². The van der Waals surface area contributed by atoms with Crippen LogP contribution in [-0.4, -0.2) is 55.5 Å². The van der Waals surface area contributed by atoms with Crippen LogP contribution in [0.15, 0.2) is 54.6 Å². The number of hydrogen-bond donors (Lipinski definition) is 1. The van der Waals surface area contributed by atoms with Crippen molar-refractivity contribution in [1.82, 2.24) is 15.1 Å². The van der Waals surface area contributed by atoms with Gasteiger partial charge in [0.2, 0.25) is 5.91 Å². The first kappa shape index (κ1) is 20.5. The van der Waals surface area contributed by atoms with Crippen LogP contribution in [0.2, 0.25) is 0 Å². The third kappa shape index (κ3) is 5.88. The molecule has 0 spiro atoms. The fourth-order valence-electron chi connectivity index (χ4n) is 3.76. The van der Waals surface area contributed by atoms with Gasteiger partial charge in [-0.2, -0.15) is 0 Å². The molecule has 3 rings (SSSR count). The third-order valence-electron chi connectivity index (χ3n) is 5.40. The topological polar surface area (TPSA) is 35.6 Å². The monoisotopic (exact) mass is 383 g/mol. The molecule has 0 bridgehead atoms. The molecule has 0 unspecified atom stereocenters. The highest BCUT2D eigenvalue weighted by Gasteiger charge is 2.25. The Morgan fingerprint density at radius 1 is 1.11 bits per heavy atom. The normalized spacial score (nSPS) is 18.1. The minimum absolute atomic E-state index is 0.0127. The van der Waals surface area contributed by atoms with Crippen molar-refractivity contribution in [3.05, 3.63) is 71.5 Å². The van der Waals surface area contributed by atoms with Crippen molar-refractivity contribution in [3.63, 3.8) is 0 Å². The molecule has 1 heterocycles. The van der Waals surface area contributed by atoms with Crippen LogP contribution in [0, 0.1) is 5.82 Å². The number of rotatable bonds is 8. The van der Waals surface area contributed by atoms with Crippen molar-refractivity contribution < 1.29 is 9.18 Å². The number of aryl methyl sites for hydroxylation is 1. The molecule has 5 heteroatoms. The Morgan fingerprint density at radius 2 is 1.86 bits per heavy atom. The van der Waals surface area contributed by atoms with Gasteiger partial charge in [0, 0.05) is 45.2 Å². The number of nitrogens with zero attached hydrogens (tertiary/aromatic N) is 2. The minimum atomic E-state index is -0.239. The molecule has 28 heavy (non-hydrogen) atoms.